The van der Waals surface area contributed by atoms with Gasteiger partial charge in [-0.1, -0.05) is 20.3 Å². The number of nitrogens with zero attached hydrogens (tertiary/aromatic N) is 1. The van der Waals surface area contributed by atoms with Crippen molar-refractivity contribution < 1.29 is 8.42 Å². The Morgan fingerprint density at radius 1 is 1.29 bits per heavy atom. The van der Waals surface area contributed by atoms with Crippen molar-refractivity contribution >= 4 is 10.0 Å². The Morgan fingerprint density at radius 3 is 2.71 bits per heavy atom. The van der Waals surface area contributed by atoms with Crippen molar-refractivity contribution in [3.8, 4) is 0 Å². The standard InChI is InChI=1S/C12H26N2O2S/c1-3-12-8-5-6-10-14(12)17(15,16)11-7-9-13-4-2/h12-13H,3-11H2,1-2H3. The van der Waals surface area contributed by atoms with E-state index in [9.17, 15) is 8.42 Å². The van der Waals surface area contributed by atoms with Crippen LogP contribution in [0.2, 0.25) is 0 Å². The summed E-state index contributed by atoms with van der Waals surface area (Å²) in [4.78, 5) is 0. The maximum Gasteiger partial charge on any atom is 0.214 e. The molecule has 1 saturated heterocycles. The first-order chi connectivity index (χ1) is 8.11. The van der Waals surface area contributed by atoms with Crippen LogP contribution in [0.1, 0.15) is 46.0 Å². The minimum atomic E-state index is -3.03. The first-order valence-corrected chi connectivity index (χ1v) is 8.43. The van der Waals surface area contributed by atoms with Gasteiger partial charge in [0.15, 0.2) is 0 Å². The van der Waals surface area contributed by atoms with Gasteiger partial charge in [-0.2, -0.15) is 4.31 Å². The molecule has 1 N–H and O–H groups in total. The summed E-state index contributed by atoms with van der Waals surface area (Å²) in [6.45, 7) is 6.53. The fourth-order valence-corrected chi connectivity index (χ4v) is 4.28. The first kappa shape index (κ1) is 14.9. The van der Waals surface area contributed by atoms with Crippen LogP contribution < -0.4 is 5.32 Å². The van der Waals surface area contributed by atoms with E-state index in [4.69, 9.17) is 0 Å². The third kappa shape index (κ3) is 4.56. The van der Waals surface area contributed by atoms with Gasteiger partial charge in [0.2, 0.25) is 10.0 Å². The first-order valence-electron chi connectivity index (χ1n) is 6.82. The van der Waals surface area contributed by atoms with E-state index in [1.807, 2.05) is 6.92 Å². The molecule has 0 aliphatic carbocycles. The second-order valence-corrected chi connectivity index (χ2v) is 6.73. The van der Waals surface area contributed by atoms with Crippen LogP contribution in [0.25, 0.3) is 0 Å². The van der Waals surface area contributed by atoms with Crippen LogP contribution in [0, 0.1) is 0 Å². The number of hydrogen-bond acceptors (Lipinski definition) is 3. The maximum absolute atomic E-state index is 12.2. The summed E-state index contributed by atoms with van der Waals surface area (Å²) in [5, 5.41) is 3.17. The Kier molecular flexibility index (Phi) is 6.44. The van der Waals surface area contributed by atoms with Crippen molar-refractivity contribution in [3.05, 3.63) is 0 Å². The van der Waals surface area contributed by atoms with Crippen LogP contribution >= 0.6 is 0 Å². The quantitative estimate of drug-likeness (QED) is 0.709. The third-order valence-corrected chi connectivity index (χ3v) is 5.41. The van der Waals surface area contributed by atoms with Crippen LogP contribution in [-0.4, -0.2) is 44.2 Å². The molecular weight excluding hydrogens is 236 g/mol. The van der Waals surface area contributed by atoms with Gasteiger partial charge in [0.25, 0.3) is 0 Å². The molecule has 0 spiro atoms. The summed E-state index contributed by atoms with van der Waals surface area (Å²) in [7, 11) is -3.03. The summed E-state index contributed by atoms with van der Waals surface area (Å²) < 4.78 is 26.2. The maximum atomic E-state index is 12.2. The average Bonchev–Trinajstić information content (AvgIpc) is 2.34. The molecule has 0 aromatic carbocycles. The second-order valence-electron chi connectivity index (χ2n) is 4.69. The van der Waals surface area contributed by atoms with E-state index in [1.165, 1.54) is 6.42 Å². The molecule has 1 atom stereocenters. The number of piperidine rings is 1. The van der Waals surface area contributed by atoms with Crippen molar-refractivity contribution in [1.82, 2.24) is 9.62 Å². The number of rotatable bonds is 7. The largest absolute Gasteiger partial charge is 0.317 e. The molecule has 102 valence electrons. The molecule has 0 saturated carbocycles. The average molecular weight is 262 g/mol. The van der Waals surface area contributed by atoms with Gasteiger partial charge in [-0.3, -0.25) is 0 Å². The third-order valence-electron chi connectivity index (χ3n) is 3.41. The molecular formula is C12H26N2O2S. The van der Waals surface area contributed by atoms with E-state index in [2.05, 4.69) is 12.2 Å². The molecule has 4 nitrogen and oxygen atoms in total. The Morgan fingerprint density at radius 2 is 2.06 bits per heavy atom. The predicted molar refractivity (Wildman–Crippen MR) is 71.6 cm³/mol. The zero-order valence-corrected chi connectivity index (χ0v) is 11.9. The Hall–Kier alpha value is -0.130. The lowest BCUT2D eigenvalue weighted by atomic mass is 10.0. The van der Waals surface area contributed by atoms with Gasteiger partial charge in [-0.05, 0) is 38.8 Å². The molecule has 17 heavy (non-hydrogen) atoms. The van der Waals surface area contributed by atoms with Crippen molar-refractivity contribution in [2.75, 3.05) is 25.4 Å². The SMILES string of the molecule is CCNCCCS(=O)(=O)N1CCCCC1CC. The highest BCUT2D eigenvalue weighted by molar-refractivity contribution is 7.89. The lowest BCUT2D eigenvalue weighted by Gasteiger charge is -2.34. The topological polar surface area (TPSA) is 49.4 Å². The number of sulfonamides is 1. The Balaban J connectivity index is 2.49. The summed E-state index contributed by atoms with van der Waals surface area (Å²) in [6.07, 6.45) is 4.86. The van der Waals surface area contributed by atoms with Crippen LogP contribution in [0.15, 0.2) is 0 Å². The van der Waals surface area contributed by atoms with E-state index in [0.29, 0.717) is 6.42 Å². The monoisotopic (exact) mass is 262 g/mol. The second kappa shape index (κ2) is 7.34. The molecule has 1 aliphatic rings. The zero-order chi connectivity index (χ0) is 12.7. The minimum Gasteiger partial charge on any atom is -0.317 e. The Bertz CT molecular complexity index is 304. The van der Waals surface area contributed by atoms with E-state index >= 15 is 0 Å². The van der Waals surface area contributed by atoms with E-state index in [-0.39, 0.29) is 11.8 Å². The number of nitrogens with one attached hydrogen (secondary N) is 1. The van der Waals surface area contributed by atoms with Crippen molar-refractivity contribution in [3.63, 3.8) is 0 Å². The smallest absolute Gasteiger partial charge is 0.214 e. The summed E-state index contributed by atoms with van der Waals surface area (Å²) in [6, 6.07) is 0.243. The fourth-order valence-electron chi connectivity index (χ4n) is 2.42. The molecule has 0 aromatic heterocycles. The van der Waals surface area contributed by atoms with Gasteiger partial charge < -0.3 is 5.32 Å². The highest BCUT2D eigenvalue weighted by Gasteiger charge is 2.30. The molecule has 1 rings (SSSR count). The van der Waals surface area contributed by atoms with Gasteiger partial charge in [-0.15, -0.1) is 0 Å². The van der Waals surface area contributed by atoms with Crippen LogP contribution in [0.5, 0.6) is 0 Å². The summed E-state index contributed by atoms with van der Waals surface area (Å²) in [5.74, 6) is 0.288. The highest BCUT2D eigenvalue weighted by Crippen LogP contribution is 2.23. The lowest BCUT2D eigenvalue weighted by molar-refractivity contribution is 0.246. The van der Waals surface area contributed by atoms with Crippen LogP contribution in [-0.2, 0) is 10.0 Å². The van der Waals surface area contributed by atoms with E-state index < -0.39 is 10.0 Å². The molecule has 0 aromatic rings. The predicted octanol–water partition coefficient (Wildman–Crippen LogP) is 1.58. The molecule has 1 aliphatic heterocycles. The van der Waals surface area contributed by atoms with Crippen LogP contribution in [0.4, 0.5) is 0 Å². The zero-order valence-electron chi connectivity index (χ0n) is 11.1. The molecule has 5 heteroatoms. The van der Waals surface area contributed by atoms with Gasteiger partial charge in [-0.25, -0.2) is 8.42 Å². The van der Waals surface area contributed by atoms with Gasteiger partial charge in [0, 0.05) is 12.6 Å². The summed E-state index contributed by atoms with van der Waals surface area (Å²) >= 11 is 0. The molecule has 0 radical (unpaired) electrons. The number of hydrogen-bond donors (Lipinski definition) is 1. The minimum absolute atomic E-state index is 0.243. The van der Waals surface area contributed by atoms with Gasteiger partial charge >= 0.3 is 0 Å². The van der Waals surface area contributed by atoms with Crippen LogP contribution in [0.3, 0.4) is 0 Å². The molecule has 1 heterocycles. The molecule has 1 fully saturated rings. The molecule has 0 bridgehead atoms. The van der Waals surface area contributed by atoms with Gasteiger partial charge in [0.05, 0.1) is 5.75 Å². The molecule has 1 unspecified atom stereocenters. The van der Waals surface area contributed by atoms with Crippen molar-refractivity contribution in [2.45, 2.75) is 52.0 Å². The van der Waals surface area contributed by atoms with Gasteiger partial charge in [0.1, 0.15) is 0 Å². The lowest BCUT2D eigenvalue weighted by Crippen LogP contribution is -2.44. The fraction of sp³-hybridized carbons (Fsp3) is 1.00. The van der Waals surface area contributed by atoms with Crippen molar-refractivity contribution in [2.24, 2.45) is 0 Å². The summed E-state index contributed by atoms with van der Waals surface area (Å²) in [5.41, 5.74) is 0. The van der Waals surface area contributed by atoms with E-state index in [0.717, 1.165) is 38.9 Å². The molecule has 0 amide bonds. The van der Waals surface area contributed by atoms with Crippen molar-refractivity contribution in [1.29, 1.82) is 0 Å². The van der Waals surface area contributed by atoms with E-state index in [1.54, 1.807) is 4.31 Å². The Labute approximate surface area is 106 Å². The normalized spacial score (nSPS) is 22.8. The highest BCUT2D eigenvalue weighted by atomic mass is 32.2.